The molecule has 0 heterocycles. The van der Waals surface area contributed by atoms with E-state index in [9.17, 15) is 18.7 Å². The summed E-state index contributed by atoms with van der Waals surface area (Å²) in [6.07, 6.45) is -0.310. The van der Waals surface area contributed by atoms with Crippen LogP contribution in [0.2, 0.25) is 0 Å². The molecule has 0 saturated heterocycles. The van der Waals surface area contributed by atoms with Crippen molar-refractivity contribution in [1.29, 1.82) is 0 Å². The number of amides is 1. The van der Waals surface area contributed by atoms with E-state index < -0.39 is 23.5 Å². The molecular weight excluding hydrogens is 316 g/mol. The molecule has 124 valence electrons. The van der Waals surface area contributed by atoms with Crippen LogP contribution in [0.25, 0.3) is 0 Å². The highest BCUT2D eigenvalue weighted by atomic mass is 19.2. The number of alkyl carbamates (subject to hydrolysis) is 1. The lowest BCUT2D eigenvalue weighted by molar-refractivity contribution is 0.140. The van der Waals surface area contributed by atoms with Gasteiger partial charge in [-0.2, -0.15) is 0 Å². The van der Waals surface area contributed by atoms with Crippen LogP contribution < -0.4 is 5.32 Å². The largest absolute Gasteiger partial charge is 0.507 e. The van der Waals surface area contributed by atoms with Crippen molar-refractivity contribution in [3.05, 3.63) is 65.2 Å². The first kappa shape index (κ1) is 17.3. The molecule has 0 saturated carbocycles. The molecule has 4 nitrogen and oxygen atoms in total. The van der Waals surface area contributed by atoms with Gasteiger partial charge in [-0.1, -0.05) is 42.2 Å². The molecule has 2 N–H and O–H groups in total. The lowest BCUT2D eigenvalue weighted by atomic mass is 10.2. The van der Waals surface area contributed by atoms with Crippen LogP contribution in [0.15, 0.2) is 42.5 Å². The molecular formula is C18H15F2NO3. The number of hydrogen-bond acceptors (Lipinski definition) is 3. The first-order valence-electron chi connectivity index (χ1n) is 7.17. The molecule has 0 atom stereocenters. The number of aromatic hydroxyl groups is 1. The van der Waals surface area contributed by atoms with E-state index in [1.54, 1.807) is 0 Å². The Morgan fingerprint density at radius 2 is 1.88 bits per heavy atom. The van der Waals surface area contributed by atoms with Gasteiger partial charge in [0.05, 0.1) is 5.56 Å². The highest BCUT2D eigenvalue weighted by molar-refractivity contribution is 5.67. The van der Waals surface area contributed by atoms with E-state index in [4.69, 9.17) is 4.74 Å². The maximum absolute atomic E-state index is 13.0. The molecule has 6 heteroatoms. The molecule has 0 aliphatic carbocycles. The molecule has 0 bridgehead atoms. The Bertz CT molecular complexity index is 767. The van der Waals surface area contributed by atoms with E-state index in [1.165, 1.54) is 0 Å². The normalized spacial score (nSPS) is 9.75. The monoisotopic (exact) mass is 331 g/mol. The van der Waals surface area contributed by atoms with E-state index in [0.717, 1.165) is 11.6 Å². The zero-order valence-electron chi connectivity index (χ0n) is 12.7. The third kappa shape index (κ3) is 5.29. The highest BCUT2D eigenvalue weighted by Gasteiger charge is 2.06. The topological polar surface area (TPSA) is 58.6 Å². The SMILES string of the molecule is O=C(NCCC#Cc1cc(F)c(F)cc1O)OCc1ccccc1. The van der Waals surface area contributed by atoms with Crippen LogP contribution in [0.3, 0.4) is 0 Å². The van der Waals surface area contributed by atoms with Crippen LogP contribution in [-0.2, 0) is 11.3 Å². The minimum absolute atomic E-state index is 0.0134. The minimum Gasteiger partial charge on any atom is -0.507 e. The summed E-state index contributed by atoms with van der Waals surface area (Å²) in [5.41, 5.74) is 0.863. The van der Waals surface area contributed by atoms with Crippen LogP contribution in [0.5, 0.6) is 5.75 Å². The Kier molecular flexibility index (Phi) is 6.15. The van der Waals surface area contributed by atoms with Crippen LogP contribution in [0.1, 0.15) is 17.5 Å². The second-order valence-electron chi connectivity index (χ2n) is 4.82. The van der Waals surface area contributed by atoms with Crippen LogP contribution >= 0.6 is 0 Å². The molecule has 0 aliphatic rings. The van der Waals surface area contributed by atoms with Crippen molar-refractivity contribution in [2.75, 3.05) is 6.54 Å². The fourth-order valence-corrected chi connectivity index (χ4v) is 1.80. The maximum Gasteiger partial charge on any atom is 0.407 e. The van der Waals surface area contributed by atoms with Gasteiger partial charge in [0.1, 0.15) is 12.4 Å². The summed E-state index contributed by atoms with van der Waals surface area (Å²) in [5, 5.41) is 12.0. The number of hydrogen-bond donors (Lipinski definition) is 2. The van der Waals surface area contributed by atoms with Gasteiger partial charge < -0.3 is 15.2 Å². The Labute approximate surface area is 138 Å². The minimum atomic E-state index is -1.14. The number of ether oxygens (including phenoxy) is 1. The lowest BCUT2D eigenvalue weighted by Gasteiger charge is -2.05. The number of nitrogens with one attached hydrogen (secondary N) is 1. The first-order chi connectivity index (χ1) is 11.6. The van der Waals surface area contributed by atoms with E-state index >= 15 is 0 Å². The third-order valence-corrected chi connectivity index (χ3v) is 2.99. The van der Waals surface area contributed by atoms with E-state index in [-0.39, 0.29) is 25.1 Å². The summed E-state index contributed by atoms with van der Waals surface area (Å²) in [7, 11) is 0. The number of benzene rings is 2. The summed E-state index contributed by atoms with van der Waals surface area (Å²) < 4.78 is 30.9. The van der Waals surface area contributed by atoms with Gasteiger partial charge in [0.15, 0.2) is 11.6 Å². The lowest BCUT2D eigenvalue weighted by Crippen LogP contribution is -2.24. The molecule has 1 amide bonds. The Morgan fingerprint density at radius 3 is 2.62 bits per heavy atom. The molecule has 2 rings (SSSR count). The van der Waals surface area contributed by atoms with Gasteiger partial charge >= 0.3 is 6.09 Å². The number of carbonyl (C=O) groups excluding carboxylic acids is 1. The smallest absolute Gasteiger partial charge is 0.407 e. The molecule has 0 aliphatic heterocycles. The van der Waals surface area contributed by atoms with Crippen LogP contribution in [-0.4, -0.2) is 17.7 Å². The summed E-state index contributed by atoms with van der Waals surface area (Å²) in [6, 6.07) is 10.7. The number of phenols is 1. The zero-order valence-corrected chi connectivity index (χ0v) is 12.7. The van der Waals surface area contributed by atoms with Gasteiger partial charge in [0.25, 0.3) is 0 Å². The van der Waals surface area contributed by atoms with Crippen LogP contribution in [0.4, 0.5) is 13.6 Å². The van der Waals surface area contributed by atoms with Crippen molar-refractivity contribution < 1.29 is 23.4 Å². The maximum atomic E-state index is 13.0. The number of phenolic OH excluding ortho intramolecular Hbond substituents is 1. The van der Waals surface area contributed by atoms with Gasteiger partial charge in [-0.15, -0.1) is 0 Å². The summed E-state index contributed by atoms with van der Waals surface area (Å²) in [4.78, 5) is 11.5. The Morgan fingerprint density at radius 1 is 1.17 bits per heavy atom. The molecule has 0 unspecified atom stereocenters. The van der Waals surface area contributed by atoms with E-state index in [1.807, 2.05) is 30.3 Å². The fourth-order valence-electron chi connectivity index (χ4n) is 1.80. The molecule has 0 aromatic heterocycles. The zero-order chi connectivity index (χ0) is 17.4. The van der Waals surface area contributed by atoms with Crippen molar-refractivity contribution in [2.45, 2.75) is 13.0 Å². The van der Waals surface area contributed by atoms with Crippen molar-refractivity contribution in [3.8, 4) is 17.6 Å². The number of halogens is 2. The molecule has 2 aromatic rings. The van der Waals surface area contributed by atoms with Gasteiger partial charge in [0, 0.05) is 19.0 Å². The Hall–Kier alpha value is -3.07. The highest BCUT2D eigenvalue weighted by Crippen LogP contribution is 2.19. The number of carbonyl (C=O) groups is 1. The molecule has 24 heavy (non-hydrogen) atoms. The molecule has 0 spiro atoms. The van der Waals surface area contributed by atoms with Crippen LogP contribution in [0, 0.1) is 23.5 Å². The van der Waals surface area contributed by atoms with Gasteiger partial charge in [0.2, 0.25) is 0 Å². The summed E-state index contributed by atoms with van der Waals surface area (Å²) in [6.45, 7) is 0.395. The molecule has 2 aromatic carbocycles. The Balaban J connectivity index is 1.73. The first-order valence-corrected chi connectivity index (χ1v) is 7.17. The summed E-state index contributed by atoms with van der Waals surface area (Å²) in [5.74, 6) is 2.51. The van der Waals surface area contributed by atoms with Gasteiger partial charge in [-0.3, -0.25) is 0 Å². The quantitative estimate of drug-likeness (QED) is 0.667. The molecule has 0 fully saturated rings. The number of rotatable bonds is 4. The van der Waals surface area contributed by atoms with Crippen molar-refractivity contribution in [1.82, 2.24) is 5.32 Å². The van der Waals surface area contributed by atoms with Gasteiger partial charge in [-0.05, 0) is 11.6 Å². The van der Waals surface area contributed by atoms with Crippen molar-refractivity contribution >= 4 is 6.09 Å². The average molecular weight is 331 g/mol. The summed E-state index contributed by atoms with van der Waals surface area (Å²) >= 11 is 0. The predicted molar refractivity (Wildman–Crippen MR) is 84.1 cm³/mol. The third-order valence-electron chi connectivity index (χ3n) is 2.99. The van der Waals surface area contributed by atoms with E-state index in [0.29, 0.717) is 6.07 Å². The fraction of sp³-hybridized carbons (Fsp3) is 0.167. The predicted octanol–water partition coefficient (Wildman–Crippen LogP) is 3.34. The average Bonchev–Trinajstić information content (AvgIpc) is 2.58. The van der Waals surface area contributed by atoms with Crippen molar-refractivity contribution in [2.24, 2.45) is 0 Å². The standard InChI is InChI=1S/C18H15F2NO3/c19-15-10-14(17(22)11-16(15)20)8-4-5-9-21-18(23)24-12-13-6-2-1-3-7-13/h1-3,6-7,10-11,22H,5,9,12H2,(H,21,23). The second kappa shape index (κ2) is 8.53. The van der Waals surface area contributed by atoms with Crippen molar-refractivity contribution in [3.63, 3.8) is 0 Å². The molecule has 0 radical (unpaired) electrons. The van der Waals surface area contributed by atoms with E-state index in [2.05, 4.69) is 17.2 Å². The van der Waals surface area contributed by atoms with Gasteiger partial charge in [-0.25, -0.2) is 13.6 Å². The second-order valence-corrected chi connectivity index (χ2v) is 4.82.